The zero-order valence-corrected chi connectivity index (χ0v) is 73.7. The Hall–Kier alpha value is -7.50. The highest BCUT2D eigenvalue weighted by molar-refractivity contribution is 6.54. The average molecular weight is 1530 g/mol. The molecule has 0 atom stereocenters. The maximum Gasteiger partial charge on any atom is 1.07 e. The number of benzene rings is 8. The first-order valence-corrected chi connectivity index (χ1v) is 44.3. The van der Waals surface area contributed by atoms with E-state index in [4.69, 9.17) is 38.0 Å². The van der Waals surface area contributed by atoms with E-state index in [0.717, 1.165) is 167 Å². The molecular weight excluding hydrogens is 1400 g/mol. The van der Waals surface area contributed by atoms with Crippen LogP contribution in [0.5, 0.6) is 23.0 Å². The summed E-state index contributed by atoms with van der Waals surface area (Å²) in [6.45, 7) is 62.5. The molecule has 111 heavy (non-hydrogen) atoms. The van der Waals surface area contributed by atoms with Gasteiger partial charge in [0.25, 0.3) is 0 Å². The highest BCUT2D eigenvalue weighted by Crippen LogP contribution is 2.44. The van der Waals surface area contributed by atoms with Crippen molar-refractivity contribution in [3.05, 3.63) is 259 Å². The molecule has 10 rings (SSSR count). The quantitative estimate of drug-likeness (QED) is 0.0398. The van der Waals surface area contributed by atoms with Gasteiger partial charge in [0.2, 0.25) is 0 Å². The zero-order valence-electron chi connectivity index (χ0n) is 71.4. The summed E-state index contributed by atoms with van der Waals surface area (Å²) in [6, 6.07) is 62.7. The number of hydrogen-bond donors (Lipinski definition) is 0. The zero-order chi connectivity index (χ0) is 79.8. The summed E-state index contributed by atoms with van der Waals surface area (Å²) in [7, 11) is 0. The van der Waals surface area contributed by atoms with Crippen molar-refractivity contribution in [2.45, 2.75) is 212 Å². The Kier molecular flexibility index (Phi) is 29.1. The van der Waals surface area contributed by atoms with Crippen LogP contribution in [0.4, 0.5) is 0 Å². The Morgan fingerprint density at radius 2 is 0.450 bits per heavy atom. The fourth-order valence-electron chi connectivity index (χ4n) is 16.2. The van der Waals surface area contributed by atoms with Crippen molar-refractivity contribution in [2.75, 3.05) is 78.5 Å². The van der Waals surface area contributed by atoms with Gasteiger partial charge in [-0.2, -0.15) is 0 Å². The van der Waals surface area contributed by atoms with Gasteiger partial charge in [-0.1, -0.05) is 204 Å². The molecule has 0 saturated heterocycles. The molecule has 0 aliphatic carbocycles. The van der Waals surface area contributed by atoms with Gasteiger partial charge in [-0.25, -0.2) is 0 Å². The van der Waals surface area contributed by atoms with Crippen LogP contribution in [0.25, 0.3) is 0 Å². The summed E-state index contributed by atoms with van der Waals surface area (Å²) < 4.78 is 43.9. The number of quaternary nitrogens is 4. The van der Waals surface area contributed by atoms with Crippen molar-refractivity contribution in [3.63, 3.8) is 0 Å². The maximum atomic E-state index is 8.15. The van der Waals surface area contributed by atoms with Gasteiger partial charge in [-0.05, 0) is 148 Å². The van der Waals surface area contributed by atoms with Crippen LogP contribution in [0, 0.1) is 0 Å². The molecule has 0 unspecified atom stereocenters. The van der Waals surface area contributed by atoms with Crippen LogP contribution in [0.3, 0.4) is 0 Å². The molecule has 0 radical (unpaired) electrons. The fourth-order valence-corrected chi connectivity index (χ4v) is 19.7. The molecule has 0 spiro atoms. The molecule has 13 nitrogen and oxygen atoms in total. The monoisotopic (exact) mass is 1530 g/mol. The standard InChI is InChI=1S/2C48H66N4O2.2Al.O/c2*1-11-51(12-2,33-37-21-17-15-18-22-37)35-39-27-41(45(53)43(29-39)47(5,6)7)31-49-25-26-50-32-42-28-40(30-44(46(42)54)48(8,9)10)36-52(13-3,14-4)34-38-23-19-16-20-24-38;;;/h2*15-24,27-32H,11-14,25-26,33-36H2,1-10H3;;;/q;;2*+2;. The van der Waals surface area contributed by atoms with E-state index in [1.807, 2.05) is 24.9 Å². The molecule has 0 saturated carbocycles. The van der Waals surface area contributed by atoms with Gasteiger partial charge in [0, 0.05) is 91.6 Å². The molecule has 2 aliphatic heterocycles. The van der Waals surface area contributed by atoms with E-state index in [0.29, 0.717) is 49.2 Å². The summed E-state index contributed by atoms with van der Waals surface area (Å²) in [4.78, 5) is 21.1. The van der Waals surface area contributed by atoms with E-state index in [9.17, 15) is 0 Å². The molecule has 2 aliphatic rings. The summed E-state index contributed by atoms with van der Waals surface area (Å²) in [5.41, 5.74) is 16.0. The molecule has 0 N–H and O–H groups in total. The van der Waals surface area contributed by atoms with E-state index >= 15 is 0 Å². The van der Waals surface area contributed by atoms with E-state index in [2.05, 4.69) is 308 Å². The maximum absolute atomic E-state index is 8.15. The average Bonchev–Trinajstić information content (AvgIpc) is 1.31. The Labute approximate surface area is 679 Å². The van der Waals surface area contributed by atoms with Crippen LogP contribution >= 0.6 is 0 Å². The molecule has 8 aromatic rings. The first-order valence-electron chi connectivity index (χ1n) is 41.5. The Morgan fingerprint density at radius 1 is 0.270 bits per heavy atom. The van der Waals surface area contributed by atoms with Crippen molar-refractivity contribution in [2.24, 2.45) is 20.0 Å². The van der Waals surface area contributed by atoms with Crippen LogP contribution in [0.1, 0.15) is 227 Å². The third kappa shape index (κ3) is 22.5. The highest BCUT2D eigenvalue weighted by atomic mass is 27.3. The Bertz CT molecular complexity index is 3900. The molecule has 15 heteroatoms. The molecule has 0 bridgehead atoms. The minimum Gasteiger partial charge on any atom is -0.589 e. The van der Waals surface area contributed by atoms with Crippen LogP contribution in [0.2, 0.25) is 0 Å². The lowest BCUT2D eigenvalue weighted by Crippen LogP contribution is -2.47. The van der Waals surface area contributed by atoms with Crippen LogP contribution in [-0.4, -0.2) is 152 Å². The van der Waals surface area contributed by atoms with Crippen LogP contribution in [-0.2, 0) is 76.9 Å². The van der Waals surface area contributed by atoms with E-state index in [1.165, 1.54) is 44.5 Å². The van der Waals surface area contributed by atoms with Gasteiger partial charge in [-0.15, -0.1) is 0 Å². The number of hydrogen-bond acceptors (Lipinski definition) is 9. The van der Waals surface area contributed by atoms with E-state index in [-0.39, 0.29) is 0 Å². The summed E-state index contributed by atoms with van der Waals surface area (Å²) in [6.07, 6.45) is 8.08. The molecular formula is C96H132Al2N8O5+4. The van der Waals surface area contributed by atoms with Crippen molar-refractivity contribution in [3.8, 4) is 23.0 Å². The van der Waals surface area contributed by atoms with Gasteiger partial charge in [0.05, 0.1) is 102 Å². The third-order valence-corrected chi connectivity index (χ3v) is 27.0. The lowest BCUT2D eigenvalue weighted by Gasteiger charge is -2.38. The SMILES string of the molecule is CC[N+](CC)(Cc1ccccc1)Cc1cc2c(c(C(C)(C)C)c1)[O][Al]([O][Al]1[O]c3c(cc(C[N+](CC)(CC)Cc4ccccc4)cc3C(C)(C)C)C=NCCN=Cc3cc(C[N+](CC)(CC)Cc4ccccc4)cc(C(C)(C)C)c3[O]1)[O]c1c(cc(C[N+](CC)(CC)Cc3ccccc3)cc1C(C)(C)C)C=NCCN=C2. The van der Waals surface area contributed by atoms with Gasteiger partial charge in [0.15, 0.2) is 0 Å². The number of fused-ring (bicyclic) bond motifs is 4. The largest absolute Gasteiger partial charge is 1.07 e. The Balaban J connectivity index is 1.24. The lowest BCUT2D eigenvalue weighted by atomic mass is 9.84. The van der Waals surface area contributed by atoms with Crippen molar-refractivity contribution >= 4 is 55.2 Å². The molecule has 0 fully saturated rings. The second-order valence-corrected chi connectivity index (χ2v) is 38.9. The second-order valence-electron chi connectivity index (χ2n) is 35.7. The van der Waals surface area contributed by atoms with Crippen molar-refractivity contribution < 1.29 is 35.9 Å². The lowest BCUT2D eigenvalue weighted by molar-refractivity contribution is -0.950. The first kappa shape index (κ1) is 85.9. The first-order chi connectivity index (χ1) is 52.9. The van der Waals surface area contributed by atoms with Crippen LogP contribution < -0.4 is 15.2 Å². The summed E-state index contributed by atoms with van der Waals surface area (Å²) in [5, 5.41) is 0. The second kappa shape index (κ2) is 37.6. The molecule has 2 heterocycles. The fraction of sp³-hybridized carbons (Fsp3) is 0.458. The minimum absolute atomic E-state index is 0.435. The summed E-state index contributed by atoms with van der Waals surface area (Å²) >= 11 is -7.54. The predicted molar refractivity (Wildman–Crippen MR) is 466 cm³/mol. The van der Waals surface area contributed by atoms with E-state index < -0.39 is 52.0 Å². The van der Waals surface area contributed by atoms with Crippen molar-refractivity contribution in [1.29, 1.82) is 0 Å². The predicted octanol–water partition coefficient (Wildman–Crippen LogP) is 20.4. The van der Waals surface area contributed by atoms with Crippen molar-refractivity contribution in [1.82, 2.24) is 0 Å². The molecule has 0 aromatic heterocycles. The molecule has 0 amide bonds. The minimum atomic E-state index is -3.77. The molecule has 588 valence electrons. The smallest absolute Gasteiger partial charge is 0.589 e. The number of nitrogens with zero attached hydrogens (tertiary/aromatic N) is 8. The third-order valence-electron chi connectivity index (χ3n) is 23.5. The van der Waals surface area contributed by atoms with Gasteiger partial charge < -0.3 is 35.9 Å². The van der Waals surface area contributed by atoms with E-state index in [1.54, 1.807) is 0 Å². The van der Waals surface area contributed by atoms with Gasteiger partial charge in [-0.3, -0.25) is 20.0 Å². The highest BCUT2D eigenvalue weighted by Gasteiger charge is 2.56. The van der Waals surface area contributed by atoms with Gasteiger partial charge in [0.1, 0.15) is 52.4 Å². The topological polar surface area (TPSA) is 95.6 Å². The summed E-state index contributed by atoms with van der Waals surface area (Å²) in [5.74, 6) is 2.71. The molecule has 8 aromatic carbocycles. The van der Waals surface area contributed by atoms with Crippen LogP contribution in [0.15, 0.2) is 190 Å². The normalized spacial score (nSPS) is 14.3. The number of aliphatic imine (C=N–C) groups is 4. The number of rotatable bonds is 26. The van der Waals surface area contributed by atoms with Gasteiger partial charge >= 0.3 is 30.3 Å². The Morgan fingerprint density at radius 3 is 0.622 bits per heavy atom.